The number of carboxylic acid groups (broad SMARTS) is 1. The van der Waals surface area contributed by atoms with Gasteiger partial charge in [0.25, 0.3) is 0 Å². The summed E-state index contributed by atoms with van der Waals surface area (Å²) in [6.07, 6.45) is 0.824. The number of anilines is 1. The maximum absolute atomic E-state index is 12.1. The van der Waals surface area contributed by atoms with E-state index in [1.165, 1.54) is 11.3 Å². The van der Waals surface area contributed by atoms with Crippen LogP contribution < -0.4 is 5.32 Å². The Morgan fingerprint density at radius 2 is 2.05 bits per heavy atom. The Labute approximate surface area is 116 Å². The number of amides is 1. The molecule has 0 radical (unpaired) electrons. The molecule has 0 aliphatic heterocycles. The van der Waals surface area contributed by atoms with Crippen LogP contribution in [0.3, 0.4) is 0 Å². The first kappa shape index (κ1) is 14.0. The van der Waals surface area contributed by atoms with Crippen molar-refractivity contribution in [3.63, 3.8) is 0 Å². The molecule has 1 aromatic heterocycles. The molecule has 1 aromatic rings. The number of carboxylic acids is 1. The number of nitrogens with one attached hydrogen (secondary N) is 1. The largest absolute Gasteiger partial charge is 0.481 e. The normalized spacial score (nSPS) is 24.0. The van der Waals surface area contributed by atoms with Gasteiger partial charge < -0.3 is 10.4 Å². The van der Waals surface area contributed by atoms with Crippen LogP contribution in [0.5, 0.6) is 0 Å². The highest BCUT2D eigenvalue weighted by Gasteiger charge is 2.65. The zero-order chi connectivity index (χ0) is 14.4. The van der Waals surface area contributed by atoms with Crippen LogP contribution in [0.25, 0.3) is 0 Å². The molecule has 1 amide bonds. The molecule has 1 heterocycles. The molecule has 0 bridgehead atoms. The minimum Gasteiger partial charge on any atom is -0.481 e. The Kier molecular flexibility index (Phi) is 3.38. The van der Waals surface area contributed by atoms with E-state index < -0.39 is 23.2 Å². The van der Waals surface area contributed by atoms with Gasteiger partial charge in [-0.2, -0.15) is 0 Å². The molecule has 0 aromatic carbocycles. The van der Waals surface area contributed by atoms with E-state index in [4.69, 9.17) is 5.11 Å². The zero-order valence-electron chi connectivity index (χ0n) is 11.5. The van der Waals surface area contributed by atoms with E-state index in [1.54, 1.807) is 13.8 Å². The fourth-order valence-electron chi connectivity index (χ4n) is 2.58. The third-order valence-electron chi connectivity index (χ3n) is 3.83. The van der Waals surface area contributed by atoms with Gasteiger partial charge in [0.1, 0.15) is 0 Å². The lowest BCUT2D eigenvalue weighted by atomic mass is 10.1. The number of rotatable bonds is 4. The van der Waals surface area contributed by atoms with E-state index in [9.17, 15) is 9.59 Å². The minimum atomic E-state index is -0.908. The van der Waals surface area contributed by atoms with E-state index in [-0.39, 0.29) is 5.91 Å². The molecule has 19 heavy (non-hydrogen) atoms. The molecule has 1 aliphatic rings. The van der Waals surface area contributed by atoms with Crippen molar-refractivity contribution in [3.05, 3.63) is 10.6 Å². The molecule has 0 saturated heterocycles. The molecule has 1 saturated carbocycles. The molecule has 104 valence electrons. The van der Waals surface area contributed by atoms with E-state index in [0.29, 0.717) is 5.13 Å². The first-order chi connectivity index (χ1) is 8.78. The monoisotopic (exact) mass is 282 g/mol. The maximum Gasteiger partial charge on any atom is 0.307 e. The summed E-state index contributed by atoms with van der Waals surface area (Å²) in [5.74, 6) is -2.22. The second kappa shape index (κ2) is 4.59. The van der Waals surface area contributed by atoms with Crippen LogP contribution in [0.1, 0.15) is 31.3 Å². The molecular formula is C13H18N2O3S. The van der Waals surface area contributed by atoms with Crippen molar-refractivity contribution in [2.45, 2.75) is 34.1 Å². The van der Waals surface area contributed by atoms with Crippen molar-refractivity contribution < 1.29 is 14.7 Å². The van der Waals surface area contributed by atoms with Crippen molar-refractivity contribution in [3.8, 4) is 0 Å². The van der Waals surface area contributed by atoms with Crippen molar-refractivity contribution in [2.75, 3.05) is 5.32 Å². The Morgan fingerprint density at radius 3 is 2.47 bits per heavy atom. The Bertz CT molecular complexity index is 536. The number of nitrogens with zero attached hydrogens (tertiary/aromatic N) is 1. The van der Waals surface area contributed by atoms with Crippen LogP contribution in [0.2, 0.25) is 0 Å². The summed E-state index contributed by atoms with van der Waals surface area (Å²) in [5.41, 5.74) is 0.501. The maximum atomic E-state index is 12.1. The molecule has 5 nitrogen and oxygen atoms in total. The quantitative estimate of drug-likeness (QED) is 0.888. The second-order valence-electron chi connectivity index (χ2n) is 5.48. The summed E-state index contributed by atoms with van der Waals surface area (Å²) in [7, 11) is 0. The SMILES string of the molecule is CCc1nc(NC(=O)C2C(C(=O)O)C2(C)C)sc1C. The van der Waals surface area contributed by atoms with Crippen LogP contribution >= 0.6 is 11.3 Å². The van der Waals surface area contributed by atoms with Crippen molar-refractivity contribution in [2.24, 2.45) is 17.3 Å². The summed E-state index contributed by atoms with van der Waals surface area (Å²) >= 11 is 1.43. The second-order valence-corrected chi connectivity index (χ2v) is 6.68. The van der Waals surface area contributed by atoms with E-state index in [2.05, 4.69) is 10.3 Å². The summed E-state index contributed by atoms with van der Waals surface area (Å²) in [5, 5.41) is 12.4. The molecule has 0 spiro atoms. The molecule has 2 rings (SSSR count). The van der Waals surface area contributed by atoms with Crippen molar-refractivity contribution in [1.82, 2.24) is 4.98 Å². The zero-order valence-corrected chi connectivity index (χ0v) is 12.3. The van der Waals surface area contributed by atoms with Crippen molar-refractivity contribution in [1.29, 1.82) is 0 Å². The van der Waals surface area contributed by atoms with Crippen molar-refractivity contribution >= 4 is 28.3 Å². The summed E-state index contributed by atoms with van der Waals surface area (Å²) in [6.45, 7) is 7.59. The van der Waals surface area contributed by atoms with Crippen LogP contribution in [-0.4, -0.2) is 22.0 Å². The van der Waals surface area contributed by atoms with Gasteiger partial charge in [-0.1, -0.05) is 20.8 Å². The number of aryl methyl sites for hydroxylation is 2. The molecule has 1 fully saturated rings. The molecule has 6 heteroatoms. The van der Waals surface area contributed by atoms with Gasteiger partial charge in [0, 0.05) is 4.88 Å². The lowest BCUT2D eigenvalue weighted by Crippen LogP contribution is -2.17. The molecule has 2 atom stereocenters. The predicted octanol–water partition coefficient (Wildman–Crippen LogP) is 2.31. The Morgan fingerprint density at radius 1 is 1.42 bits per heavy atom. The number of aliphatic carboxylic acids is 1. The topological polar surface area (TPSA) is 79.3 Å². The van der Waals surface area contributed by atoms with Gasteiger partial charge in [-0.25, -0.2) is 4.98 Å². The smallest absolute Gasteiger partial charge is 0.307 e. The average molecular weight is 282 g/mol. The summed E-state index contributed by atoms with van der Waals surface area (Å²) in [4.78, 5) is 28.6. The van der Waals surface area contributed by atoms with Crippen LogP contribution in [-0.2, 0) is 16.0 Å². The average Bonchev–Trinajstić information content (AvgIpc) is 2.71. The fourth-order valence-corrected chi connectivity index (χ4v) is 3.49. The minimum absolute atomic E-state index is 0.242. The van der Waals surface area contributed by atoms with Gasteiger partial charge in [-0.05, 0) is 18.8 Å². The number of hydrogen-bond acceptors (Lipinski definition) is 4. The van der Waals surface area contributed by atoms with Crippen LogP contribution in [0.4, 0.5) is 5.13 Å². The van der Waals surface area contributed by atoms with Gasteiger partial charge in [-0.3, -0.25) is 9.59 Å². The Hall–Kier alpha value is -1.43. The number of carbonyl (C=O) groups excluding carboxylic acids is 1. The molecule has 2 unspecified atom stereocenters. The lowest BCUT2D eigenvalue weighted by molar-refractivity contribution is -0.140. The molecular weight excluding hydrogens is 264 g/mol. The highest BCUT2D eigenvalue weighted by Crippen LogP contribution is 2.58. The van der Waals surface area contributed by atoms with Gasteiger partial charge in [0.2, 0.25) is 5.91 Å². The van der Waals surface area contributed by atoms with Gasteiger partial charge in [0.15, 0.2) is 5.13 Å². The summed E-state index contributed by atoms with van der Waals surface area (Å²) < 4.78 is 0. The number of aromatic nitrogens is 1. The Balaban J connectivity index is 2.08. The van der Waals surface area contributed by atoms with Crippen LogP contribution in [0, 0.1) is 24.2 Å². The molecule has 2 N–H and O–H groups in total. The van der Waals surface area contributed by atoms with E-state index in [1.807, 2.05) is 13.8 Å². The fraction of sp³-hybridized carbons (Fsp3) is 0.615. The lowest BCUT2D eigenvalue weighted by Gasteiger charge is -2.02. The highest BCUT2D eigenvalue weighted by molar-refractivity contribution is 7.15. The third kappa shape index (κ3) is 2.36. The van der Waals surface area contributed by atoms with E-state index >= 15 is 0 Å². The first-order valence-corrected chi connectivity index (χ1v) is 7.10. The van der Waals surface area contributed by atoms with Gasteiger partial charge in [-0.15, -0.1) is 11.3 Å². The van der Waals surface area contributed by atoms with E-state index in [0.717, 1.165) is 17.0 Å². The first-order valence-electron chi connectivity index (χ1n) is 6.29. The summed E-state index contributed by atoms with van der Waals surface area (Å²) in [6, 6.07) is 0. The number of hydrogen-bond donors (Lipinski definition) is 2. The number of thiazole rings is 1. The van der Waals surface area contributed by atoms with Crippen LogP contribution in [0.15, 0.2) is 0 Å². The third-order valence-corrected chi connectivity index (χ3v) is 4.76. The van der Waals surface area contributed by atoms with Gasteiger partial charge in [0.05, 0.1) is 17.5 Å². The predicted molar refractivity (Wildman–Crippen MR) is 73.3 cm³/mol. The standard InChI is InChI=1S/C13H18N2O3S/c1-5-7-6(2)19-12(14-7)15-10(16)8-9(11(17)18)13(8,3)4/h8-9H,5H2,1-4H3,(H,17,18)(H,14,15,16). The molecule has 1 aliphatic carbocycles. The number of carbonyl (C=O) groups is 2. The highest BCUT2D eigenvalue weighted by atomic mass is 32.1. The van der Waals surface area contributed by atoms with Gasteiger partial charge >= 0.3 is 5.97 Å².